The van der Waals surface area contributed by atoms with Crippen molar-refractivity contribution < 1.29 is 0 Å². The summed E-state index contributed by atoms with van der Waals surface area (Å²) in [6.45, 7) is 16.6. The minimum absolute atomic E-state index is 0.286. The summed E-state index contributed by atoms with van der Waals surface area (Å²) in [6.07, 6.45) is 10.6. The van der Waals surface area contributed by atoms with Gasteiger partial charge in [0.05, 0.1) is 0 Å². The van der Waals surface area contributed by atoms with Crippen LogP contribution in [0.4, 0.5) is 0 Å². The first-order valence-electron chi connectivity index (χ1n) is 9.86. The highest BCUT2D eigenvalue weighted by atomic mass is 14.3. The van der Waals surface area contributed by atoms with Gasteiger partial charge in [0.15, 0.2) is 0 Å². The molecule has 0 aromatic heterocycles. The van der Waals surface area contributed by atoms with Crippen LogP contribution in [0.3, 0.4) is 0 Å². The van der Waals surface area contributed by atoms with Crippen LogP contribution in [0.5, 0.6) is 0 Å². The molecule has 0 aliphatic rings. The molecule has 23 heavy (non-hydrogen) atoms. The summed E-state index contributed by atoms with van der Waals surface area (Å²) in [5, 5.41) is 0. The quantitative estimate of drug-likeness (QED) is 0.388. The fourth-order valence-electron chi connectivity index (χ4n) is 3.68. The van der Waals surface area contributed by atoms with Crippen LogP contribution >= 0.6 is 0 Å². The fourth-order valence-corrected chi connectivity index (χ4v) is 3.68. The predicted molar refractivity (Wildman–Crippen MR) is 106 cm³/mol. The topological polar surface area (TPSA) is 0 Å². The average Bonchev–Trinajstić information content (AvgIpc) is 2.47. The van der Waals surface area contributed by atoms with Crippen molar-refractivity contribution in [3.8, 4) is 0 Å². The van der Waals surface area contributed by atoms with Crippen molar-refractivity contribution in [3.63, 3.8) is 0 Å². The summed E-state index contributed by atoms with van der Waals surface area (Å²) < 4.78 is 0. The Bertz CT molecular complexity index is 465. The molecular formula is C23H40. The molecule has 0 aliphatic carbocycles. The number of unbranched alkanes of at least 4 members (excludes halogenated alkanes) is 4. The lowest BCUT2D eigenvalue weighted by atomic mass is 9.73. The van der Waals surface area contributed by atoms with Crippen molar-refractivity contribution in [2.45, 2.75) is 111 Å². The first-order valence-corrected chi connectivity index (χ1v) is 9.86. The van der Waals surface area contributed by atoms with E-state index in [0.29, 0.717) is 0 Å². The molecular weight excluding hydrogens is 276 g/mol. The smallest absolute Gasteiger partial charge is 0.0101 e. The maximum atomic E-state index is 2.52. The van der Waals surface area contributed by atoms with E-state index in [1.807, 2.05) is 0 Å². The molecule has 0 aliphatic heterocycles. The van der Waals surface area contributed by atoms with E-state index in [-0.39, 0.29) is 10.8 Å². The Morgan fingerprint density at radius 3 is 1.78 bits per heavy atom. The van der Waals surface area contributed by atoms with Crippen LogP contribution in [-0.2, 0) is 10.8 Å². The van der Waals surface area contributed by atoms with Crippen LogP contribution in [0.15, 0.2) is 18.2 Å². The van der Waals surface area contributed by atoms with Crippen LogP contribution in [0.25, 0.3) is 0 Å². The van der Waals surface area contributed by atoms with Gasteiger partial charge in [-0.25, -0.2) is 0 Å². The highest BCUT2D eigenvalue weighted by Gasteiger charge is 2.26. The third-order valence-corrected chi connectivity index (χ3v) is 5.56. The number of aryl methyl sites for hydroxylation is 1. The Kier molecular flexibility index (Phi) is 7.84. The standard InChI is InChI=1S/C23H40/c1-8-10-12-16-22(4,5)20-15-14-19(3)21(18-20)23(6,7)17-13-11-9-2/h14-15,18H,8-13,16-17H2,1-7H3. The van der Waals surface area contributed by atoms with Crippen LogP contribution in [-0.4, -0.2) is 0 Å². The fraction of sp³-hybridized carbons (Fsp3) is 0.739. The minimum atomic E-state index is 0.286. The zero-order chi connectivity index (χ0) is 17.5. The third kappa shape index (κ3) is 5.98. The molecule has 0 radical (unpaired) electrons. The minimum Gasteiger partial charge on any atom is -0.0654 e. The molecule has 0 atom stereocenters. The van der Waals surface area contributed by atoms with E-state index in [1.54, 1.807) is 5.56 Å². The number of benzene rings is 1. The first kappa shape index (κ1) is 20.3. The van der Waals surface area contributed by atoms with E-state index in [2.05, 4.69) is 66.7 Å². The molecule has 0 fully saturated rings. The summed E-state index contributed by atoms with van der Waals surface area (Å²) in [6, 6.07) is 7.24. The monoisotopic (exact) mass is 316 g/mol. The molecule has 0 N–H and O–H groups in total. The number of rotatable bonds is 10. The van der Waals surface area contributed by atoms with Crippen molar-refractivity contribution in [1.82, 2.24) is 0 Å². The highest BCUT2D eigenvalue weighted by Crippen LogP contribution is 2.36. The summed E-state index contributed by atoms with van der Waals surface area (Å²) in [5.74, 6) is 0. The molecule has 1 aromatic rings. The van der Waals surface area contributed by atoms with Gasteiger partial charge in [0.2, 0.25) is 0 Å². The van der Waals surface area contributed by atoms with Gasteiger partial charge in [-0.1, -0.05) is 98.3 Å². The van der Waals surface area contributed by atoms with Crippen LogP contribution in [0.2, 0.25) is 0 Å². The van der Waals surface area contributed by atoms with Gasteiger partial charge in [-0.15, -0.1) is 0 Å². The Morgan fingerprint density at radius 1 is 0.739 bits per heavy atom. The largest absolute Gasteiger partial charge is 0.0654 e. The Balaban J connectivity index is 2.97. The average molecular weight is 317 g/mol. The van der Waals surface area contributed by atoms with Gasteiger partial charge >= 0.3 is 0 Å². The SMILES string of the molecule is CCCCCC(C)(C)c1ccc(C)c(C(C)(C)CCCCC)c1. The van der Waals surface area contributed by atoms with E-state index in [0.717, 1.165) is 0 Å². The number of hydrogen-bond acceptors (Lipinski definition) is 0. The zero-order valence-electron chi connectivity index (χ0n) is 16.9. The Labute approximate surface area is 146 Å². The Hall–Kier alpha value is -0.780. The molecule has 0 unspecified atom stereocenters. The van der Waals surface area contributed by atoms with Crippen molar-refractivity contribution in [2.24, 2.45) is 0 Å². The first-order chi connectivity index (χ1) is 10.7. The second-order valence-corrected chi connectivity index (χ2v) is 8.71. The van der Waals surface area contributed by atoms with E-state index in [4.69, 9.17) is 0 Å². The molecule has 0 saturated heterocycles. The van der Waals surface area contributed by atoms with Gasteiger partial charge in [0.25, 0.3) is 0 Å². The maximum Gasteiger partial charge on any atom is -0.0101 e. The maximum absolute atomic E-state index is 2.52. The molecule has 1 aromatic carbocycles. The lowest BCUT2D eigenvalue weighted by Crippen LogP contribution is -2.22. The zero-order valence-corrected chi connectivity index (χ0v) is 16.9. The lowest BCUT2D eigenvalue weighted by molar-refractivity contribution is 0.435. The van der Waals surface area contributed by atoms with Gasteiger partial charge in [-0.3, -0.25) is 0 Å². The van der Waals surface area contributed by atoms with Gasteiger partial charge in [-0.2, -0.15) is 0 Å². The van der Waals surface area contributed by atoms with Gasteiger partial charge in [0.1, 0.15) is 0 Å². The van der Waals surface area contributed by atoms with E-state index in [9.17, 15) is 0 Å². The summed E-state index contributed by atoms with van der Waals surface area (Å²) in [5.41, 5.74) is 5.12. The third-order valence-electron chi connectivity index (χ3n) is 5.56. The summed E-state index contributed by atoms with van der Waals surface area (Å²) in [7, 11) is 0. The molecule has 0 heterocycles. The van der Waals surface area contributed by atoms with E-state index >= 15 is 0 Å². The van der Waals surface area contributed by atoms with Crippen LogP contribution < -0.4 is 0 Å². The van der Waals surface area contributed by atoms with Crippen molar-refractivity contribution in [1.29, 1.82) is 0 Å². The van der Waals surface area contributed by atoms with Crippen LogP contribution in [0.1, 0.15) is 110 Å². The molecule has 1 rings (SSSR count). The van der Waals surface area contributed by atoms with E-state index < -0.39 is 0 Å². The summed E-state index contributed by atoms with van der Waals surface area (Å²) >= 11 is 0. The van der Waals surface area contributed by atoms with Crippen molar-refractivity contribution in [2.75, 3.05) is 0 Å². The molecule has 0 bridgehead atoms. The normalized spacial score (nSPS) is 12.7. The van der Waals surface area contributed by atoms with Gasteiger partial charge in [0, 0.05) is 0 Å². The molecule has 0 nitrogen and oxygen atoms in total. The van der Waals surface area contributed by atoms with Gasteiger partial charge < -0.3 is 0 Å². The highest BCUT2D eigenvalue weighted by molar-refractivity contribution is 5.39. The lowest BCUT2D eigenvalue weighted by Gasteiger charge is -2.31. The van der Waals surface area contributed by atoms with Crippen molar-refractivity contribution >= 4 is 0 Å². The second kappa shape index (κ2) is 8.90. The van der Waals surface area contributed by atoms with Crippen LogP contribution in [0, 0.1) is 6.92 Å². The molecule has 0 heteroatoms. The molecule has 0 spiro atoms. The number of hydrogen-bond donors (Lipinski definition) is 0. The Morgan fingerprint density at radius 2 is 1.26 bits per heavy atom. The predicted octanol–water partition coefficient (Wildman–Crippen LogP) is 7.71. The second-order valence-electron chi connectivity index (χ2n) is 8.71. The van der Waals surface area contributed by atoms with E-state index in [1.165, 1.54) is 62.5 Å². The van der Waals surface area contributed by atoms with Gasteiger partial charge in [-0.05, 0) is 47.3 Å². The molecule has 0 saturated carbocycles. The molecule has 132 valence electrons. The summed E-state index contributed by atoms with van der Waals surface area (Å²) in [4.78, 5) is 0. The molecule has 0 amide bonds. The van der Waals surface area contributed by atoms with Crippen molar-refractivity contribution in [3.05, 3.63) is 34.9 Å².